The summed E-state index contributed by atoms with van der Waals surface area (Å²) in [7, 11) is 0. The molecule has 172 valence electrons. The number of likely N-dealkylation sites (tertiary alicyclic amines) is 2. The molecule has 2 aliphatic heterocycles. The first-order chi connectivity index (χ1) is 15.9. The lowest BCUT2D eigenvalue weighted by Gasteiger charge is -2.27. The Balaban J connectivity index is 1.47. The molecule has 0 aromatic carbocycles. The fourth-order valence-electron chi connectivity index (χ4n) is 5.07. The molecule has 0 unspecified atom stereocenters. The first-order valence-corrected chi connectivity index (χ1v) is 11.3. The standard InChI is InChI=1S/C24H28N6O3/c1-16(2)30-13-21(26-15-30)19-12-29(22(31)20-10-17(3)33-27-20)14-24(19)6-9-28(23(24)32)11-18-4-7-25-8-5-18/h4-5,7-8,10,13,15-16,19H,6,9,11-12,14H2,1-3H3/t19-,24+/m0/s1. The van der Waals surface area contributed by atoms with Gasteiger partial charge in [-0.2, -0.15) is 0 Å². The fourth-order valence-corrected chi connectivity index (χ4v) is 5.07. The molecular formula is C24H28N6O3. The number of amides is 2. The van der Waals surface area contributed by atoms with Crippen LogP contribution in [0.5, 0.6) is 0 Å². The molecule has 0 bridgehead atoms. The summed E-state index contributed by atoms with van der Waals surface area (Å²) in [5.41, 5.74) is 1.47. The van der Waals surface area contributed by atoms with Crippen LogP contribution in [0.15, 0.2) is 47.6 Å². The van der Waals surface area contributed by atoms with Gasteiger partial charge in [-0.25, -0.2) is 4.98 Å². The number of rotatable bonds is 5. The fraction of sp³-hybridized carbons (Fsp3) is 0.458. The zero-order valence-corrected chi connectivity index (χ0v) is 19.1. The molecule has 33 heavy (non-hydrogen) atoms. The van der Waals surface area contributed by atoms with E-state index in [0.717, 1.165) is 11.3 Å². The van der Waals surface area contributed by atoms with Gasteiger partial charge in [0, 0.05) is 62.8 Å². The van der Waals surface area contributed by atoms with Crippen molar-refractivity contribution in [1.29, 1.82) is 0 Å². The SMILES string of the molecule is Cc1cc(C(=O)N2C[C@@H](c3cn(C(C)C)cn3)[C@@]3(CCN(Cc4ccncc4)C3=O)C2)no1. The van der Waals surface area contributed by atoms with Crippen molar-refractivity contribution in [3.05, 3.63) is 65.8 Å². The van der Waals surface area contributed by atoms with Crippen LogP contribution in [0.25, 0.3) is 0 Å². The lowest BCUT2D eigenvalue weighted by Crippen LogP contribution is -2.40. The summed E-state index contributed by atoms with van der Waals surface area (Å²) in [6.07, 6.45) is 7.99. The molecule has 5 heterocycles. The van der Waals surface area contributed by atoms with Gasteiger partial charge < -0.3 is 18.9 Å². The van der Waals surface area contributed by atoms with Crippen LogP contribution in [0, 0.1) is 12.3 Å². The second kappa shape index (κ2) is 8.13. The average Bonchev–Trinajstić information content (AvgIpc) is 3.58. The summed E-state index contributed by atoms with van der Waals surface area (Å²) in [5, 5.41) is 3.90. The van der Waals surface area contributed by atoms with Crippen LogP contribution in [-0.4, -0.2) is 60.9 Å². The Morgan fingerprint density at radius 3 is 2.76 bits per heavy atom. The van der Waals surface area contributed by atoms with Crippen molar-refractivity contribution in [2.24, 2.45) is 5.41 Å². The van der Waals surface area contributed by atoms with E-state index in [0.29, 0.717) is 38.4 Å². The van der Waals surface area contributed by atoms with Gasteiger partial charge in [-0.15, -0.1) is 0 Å². The van der Waals surface area contributed by atoms with Crippen LogP contribution in [0.1, 0.15) is 59.7 Å². The quantitative estimate of drug-likeness (QED) is 0.595. The van der Waals surface area contributed by atoms with Crippen molar-refractivity contribution >= 4 is 11.8 Å². The van der Waals surface area contributed by atoms with E-state index in [-0.39, 0.29) is 29.5 Å². The molecule has 0 saturated carbocycles. The van der Waals surface area contributed by atoms with E-state index in [1.54, 1.807) is 30.3 Å². The summed E-state index contributed by atoms with van der Waals surface area (Å²) in [4.78, 5) is 39.5. The predicted molar refractivity (Wildman–Crippen MR) is 119 cm³/mol. The summed E-state index contributed by atoms with van der Waals surface area (Å²) in [5.74, 6) is 0.275. The Hall–Kier alpha value is -3.49. The van der Waals surface area contributed by atoms with Crippen LogP contribution >= 0.6 is 0 Å². The number of aryl methyl sites for hydroxylation is 1. The molecule has 2 amide bonds. The predicted octanol–water partition coefficient (Wildman–Crippen LogP) is 2.81. The molecule has 3 aromatic heterocycles. The highest BCUT2D eigenvalue weighted by molar-refractivity contribution is 5.94. The highest BCUT2D eigenvalue weighted by Crippen LogP contribution is 2.50. The van der Waals surface area contributed by atoms with Gasteiger partial charge in [-0.1, -0.05) is 5.16 Å². The molecule has 9 heteroatoms. The van der Waals surface area contributed by atoms with Crippen molar-refractivity contribution in [3.8, 4) is 0 Å². The monoisotopic (exact) mass is 448 g/mol. The van der Waals surface area contributed by atoms with Gasteiger partial charge in [-0.3, -0.25) is 14.6 Å². The Kier molecular flexibility index (Phi) is 5.26. The lowest BCUT2D eigenvalue weighted by atomic mass is 9.75. The molecule has 2 atom stereocenters. The lowest BCUT2D eigenvalue weighted by molar-refractivity contribution is -0.136. The number of carbonyl (C=O) groups excluding carboxylic acids is 2. The maximum absolute atomic E-state index is 13.9. The number of imidazole rings is 1. The summed E-state index contributed by atoms with van der Waals surface area (Å²) < 4.78 is 7.16. The van der Waals surface area contributed by atoms with Crippen molar-refractivity contribution < 1.29 is 14.1 Å². The number of hydrogen-bond donors (Lipinski definition) is 0. The Labute approximate surface area is 192 Å². The maximum atomic E-state index is 13.9. The van der Waals surface area contributed by atoms with E-state index in [1.165, 1.54) is 0 Å². The van der Waals surface area contributed by atoms with Crippen LogP contribution < -0.4 is 0 Å². The van der Waals surface area contributed by atoms with Gasteiger partial charge in [0.25, 0.3) is 5.91 Å². The van der Waals surface area contributed by atoms with Gasteiger partial charge in [0.2, 0.25) is 5.91 Å². The minimum atomic E-state index is -0.697. The number of hydrogen-bond acceptors (Lipinski definition) is 6. The first-order valence-electron chi connectivity index (χ1n) is 11.3. The molecular weight excluding hydrogens is 420 g/mol. The minimum absolute atomic E-state index is 0.0787. The van der Waals surface area contributed by atoms with E-state index >= 15 is 0 Å². The second-order valence-electron chi connectivity index (χ2n) is 9.39. The van der Waals surface area contributed by atoms with Gasteiger partial charge >= 0.3 is 0 Å². The third-order valence-corrected chi connectivity index (χ3v) is 6.92. The molecule has 0 N–H and O–H groups in total. The summed E-state index contributed by atoms with van der Waals surface area (Å²) >= 11 is 0. The number of carbonyl (C=O) groups is 2. The molecule has 3 aromatic rings. The Bertz CT molecular complexity index is 1170. The molecule has 0 aliphatic carbocycles. The van der Waals surface area contributed by atoms with E-state index in [4.69, 9.17) is 4.52 Å². The average molecular weight is 449 g/mol. The Morgan fingerprint density at radius 2 is 2.09 bits per heavy atom. The first kappa shape index (κ1) is 21.4. The zero-order valence-electron chi connectivity index (χ0n) is 19.1. The summed E-state index contributed by atoms with van der Waals surface area (Å²) in [6.45, 7) is 7.90. The molecule has 2 saturated heterocycles. The number of pyridine rings is 1. The summed E-state index contributed by atoms with van der Waals surface area (Å²) in [6, 6.07) is 5.76. The van der Waals surface area contributed by atoms with Crippen molar-refractivity contribution in [2.45, 2.75) is 45.7 Å². The van der Waals surface area contributed by atoms with Gasteiger partial charge in [-0.05, 0) is 44.9 Å². The molecule has 0 radical (unpaired) electrons. The number of nitrogens with zero attached hydrogens (tertiary/aromatic N) is 6. The second-order valence-corrected chi connectivity index (χ2v) is 9.39. The van der Waals surface area contributed by atoms with Gasteiger partial charge in [0.15, 0.2) is 5.69 Å². The third kappa shape index (κ3) is 3.71. The van der Waals surface area contributed by atoms with Crippen molar-refractivity contribution in [2.75, 3.05) is 19.6 Å². The van der Waals surface area contributed by atoms with E-state index in [9.17, 15) is 9.59 Å². The molecule has 5 rings (SSSR count). The van der Waals surface area contributed by atoms with E-state index in [1.807, 2.05) is 34.1 Å². The van der Waals surface area contributed by atoms with E-state index in [2.05, 4.69) is 29.0 Å². The molecule has 2 aliphatic rings. The highest BCUT2D eigenvalue weighted by Gasteiger charge is 2.58. The third-order valence-electron chi connectivity index (χ3n) is 6.92. The van der Waals surface area contributed by atoms with Crippen LogP contribution in [0.4, 0.5) is 0 Å². The van der Waals surface area contributed by atoms with Crippen molar-refractivity contribution in [3.63, 3.8) is 0 Å². The van der Waals surface area contributed by atoms with Gasteiger partial charge in [0.1, 0.15) is 5.76 Å². The highest BCUT2D eigenvalue weighted by atomic mass is 16.5. The normalized spacial score (nSPS) is 22.8. The topological polar surface area (TPSA) is 97.4 Å². The molecule has 2 fully saturated rings. The van der Waals surface area contributed by atoms with E-state index < -0.39 is 5.41 Å². The van der Waals surface area contributed by atoms with Gasteiger partial charge in [0.05, 0.1) is 17.4 Å². The Morgan fingerprint density at radius 1 is 1.30 bits per heavy atom. The van der Waals surface area contributed by atoms with Crippen LogP contribution in [0.2, 0.25) is 0 Å². The van der Waals surface area contributed by atoms with Crippen LogP contribution in [-0.2, 0) is 11.3 Å². The van der Waals surface area contributed by atoms with Crippen molar-refractivity contribution in [1.82, 2.24) is 29.5 Å². The zero-order chi connectivity index (χ0) is 23.2. The largest absolute Gasteiger partial charge is 0.361 e. The smallest absolute Gasteiger partial charge is 0.276 e. The minimum Gasteiger partial charge on any atom is -0.361 e. The molecule has 9 nitrogen and oxygen atoms in total. The molecule has 1 spiro atoms. The van der Waals surface area contributed by atoms with Crippen LogP contribution in [0.3, 0.4) is 0 Å². The maximum Gasteiger partial charge on any atom is 0.276 e. The number of aromatic nitrogens is 4.